The molecule has 32 heavy (non-hydrogen) atoms. The first kappa shape index (κ1) is 20.4. The topological polar surface area (TPSA) is 107 Å². The summed E-state index contributed by atoms with van der Waals surface area (Å²) in [5.41, 5.74) is 3.64. The Morgan fingerprint density at radius 3 is 2.75 bits per heavy atom. The molecule has 5 rings (SSSR count). The maximum Gasteiger partial charge on any atom is 0.255 e. The third-order valence-electron chi connectivity index (χ3n) is 6.29. The van der Waals surface area contributed by atoms with E-state index in [-0.39, 0.29) is 24.1 Å². The van der Waals surface area contributed by atoms with E-state index in [0.717, 1.165) is 48.8 Å². The van der Waals surface area contributed by atoms with Crippen LogP contribution in [0.4, 0.5) is 11.5 Å². The molecule has 3 aliphatic heterocycles. The quantitative estimate of drug-likeness (QED) is 0.600. The number of nitrogens with one attached hydrogen (secondary N) is 3. The van der Waals surface area contributed by atoms with E-state index >= 15 is 0 Å². The molecule has 4 heterocycles. The summed E-state index contributed by atoms with van der Waals surface area (Å²) in [5, 5.41) is 9.05. The van der Waals surface area contributed by atoms with E-state index in [0.29, 0.717) is 25.1 Å². The molecule has 1 aromatic heterocycles. The Morgan fingerprint density at radius 1 is 1.09 bits per heavy atom. The molecule has 3 aliphatic rings. The monoisotopic (exact) mass is 434 g/mol. The van der Waals surface area contributed by atoms with E-state index in [2.05, 4.69) is 31.9 Å². The van der Waals surface area contributed by atoms with Gasteiger partial charge < -0.3 is 20.4 Å². The zero-order valence-corrected chi connectivity index (χ0v) is 17.8. The van der Waals surface area contributed by atoms with Gasteiger partial charge in [0.25, 0.3) is 5.91 Å². The number of piperazine rings is 1. The molecule has 0 aliphatic carbocycles. The summed E-state index contributed by atoms with van der Waals surface area (Å²) in [7, 11) is 0. The lowest BCUT2D eigenvalue weighted by Crippen LogP contribution is -2.52. The Bertz CT molecular complexity index is 1070. The summed E-state index contributed by atoms with van der Waals surface area (Å²) in [6.45, 7) is 4.83. The third-order valence-corrected chi connectivity index (χ3v) is 6.29. The highest BCUT2D eigenvalue weighted by Crippen LogP contribution is 2.28. The Hall–Kier alpha value is -3.46. The molecule has 1 unspecified atom stereocenters. The number of aromatic nitrogens is 1. The van der Waals surface area contributed by atoms with Crippen LogP contribution in [0.1, 0.15) is 34.3 Å². The number of pyridine rings is 1. The number of anilines is 2. The molecule has 3 N–H and O–H groups in total. The van der Waals surface area contributed by atoms with Gasteiger partial charge in [-0.25, -0.2) is 4.98 Å². The first-order chi connectivity index (χ1) is 15.6. The smallest absolute Gasteiger partial charge is 0.255 e. The van der Waals surface area contributed by atoms with E-state index in [9.17, 15) is 14.4 Å². The number of hydrogen-bond donors (Lipinski definition) is 3. The Labute approximate surface area is 186 Å². The second-order valence-corrected chi connectivity index (χ2v) is 8.38. The Morgan fingerprint density at radius 2 is 1.94 bits per heavy atom. The molecule has 0 saturated carbocycles. The van der Waals surface area contributed by atoms with Crippen LogP contribution < -0.4 is 20.9 Å². The summed E-state index contributed by atoms with van der Waals surface area (Å²) in [6.07, 6.45) is 2.43. The van der Waals surface area contributed by atoms with Gasteiger partial charge in [-0.1, -0.05) is 12.1 Å². The lowest BCUT2D eigenvalue weighted by atomic mass is 10.0. The second-order valence-electron chi connectivity index (χ2n) is 8.38. The van der Waals surface area contributed by atoms with E-state index in [1.165, 1.54) is 0 Å². The zero-order chi connectivity index (χ0) is 22.1. The fraction of sp³-hybridized carbons (Fsp3) is 0.391. The van der Waals surface area contributed by atoms with Crippen molar-refractivity contribution in [3.63, 3.8) is 0 Å². The van der Waals surface area contributed by atoms with Crippen molar-refractivity contribution in [3.05, 3.63) is 53.2 Å². The highest BCUT2D eigenvalue weighted by Gasteiger charge is 2.39. The fourth-order valence-electron chi connectivity index (χ4n) is 4.54. The van der Waals surface area contributed by atoms with Crippen molar-refractivity contribution in [1.29, 1.82) is 0 Å². The number of fused-ring (bicyclic) bond motifs is 1. The van der Waals surface area contributed by atoms with Crippen LogP contribution >= 0.6 is 0 Å². The Balaban J connectivity index is 1.25. The van der Waals surface area contributed by atoms with Crippen LogP contribution in [0, 0.1) is 0 Å². The number of imide groups is 1. The molecule has 9 nitrogen and oxygen atoms in total. The molecule has 2 fully saturated rings. The van der Waals surface area contributed by atoms with E-state index < -0.39 is 6.04 Å². The number of hydrogen-bond acceptors (Lipinski definition) is 7. The van der Waals surface area contributed by atoms with Gasteiger partial charge in [0.15, 0.2) is 0 Å². The van der Waals surface area contributed by atoms with Crippen molar-refractivity contribution in [2.24, 2.45) is 0 Å². The summed E-state index contributed by atoms with van der Waals surface area (Å²) >= 11 is 0. The number of piperidine rings is 1. The zero-order valence-electron chi connectivity index (χ0n) is 17.8. The fourth-order valence-corrected chi connectivity index (χ4v) is 4.54. The van der Waals surface area contributed by atoms with Gasteiger partial charge in [0.1, 0.15) is 11.9 Å². The van der Waals surface area contributed by atoms with Crippen molar-refractivity contribution in [2.45, 2.75) is 32.0 Å². The third kappa shape index (κ3) is 4.03. The number of carbonyl (C=O) groups is 3. The minimum Gasteiger partial charge on any atom is -0.369 e. The highest BCUT2D eigenvalue weighted by atomic mass is 16.2. The van der Waals surface area contributed by atoms with Gasteiger partial charge in [-0.05, 0) is 29.7 Å². The van der Waals surface area contributed by atoms with Crippen LogP contribution in [0.3, 0.4) is 0 Å². The van der Waals surface area contributed by atoms with Crippen molar-refractivity contribution >= 4 is 29.2 Å². The van der Waals surface area contributed by atoms with E-state index in [1.54, 1.807) is 4.90 Å². The first-order valence-electron chi connectivity index (χ1n) is 11.0. The maximum absolute atomic E-state index is 13.0. The SMILES string of the molecule is O=C1CCC(N2Cc3ccc(CNc4cc(N5CCNCC5)ccn4)cc3C2=O)C(=O)N1. The minimum absolute atomic E-state index is 0.157. The lowest BCUT2D eigenvalue weighted by Gasteiger charge is -2.29. The average molecular weight is 435 g/mol. The van der Waals surface area contributed by atoms with E-state index in [1.807, 2.05) is 30.5 Å². The van der Waals surface area contributed by atoms with Crippen LogP contribution in [0.25, 0.3) is 0 Å². The molecule has 1 aromatic carbocycles. The number of benzene rings is 1. The number of nitrogens with zero attached hydrogens (tertiary/aromatic N) is 3. The lowest BCUT2D eigenvalue weighted by molar-refractivity contribution is -0.136. The maximum atomic E-state index is 13.0. The van der Waals surface area contributed by atoms with Gasteiger partial charge in [0.05, 0.1) is 0 Å². The van der Waals surface area contributed by atoms with Crippen molar-refractivity contribution in [1.82, 2.24) is 20.5 Å². The van der Waals surface area contributed by atoms with Gasteiger partial charge in [0, 0.05) is 69.2 Å². The van der Waals surface area contributed by atoms with Crippen LogP contribution in [-0.4, -0.2) is 59.8 Å². The number of amides is 3. The predicted molar refractivity (Wildman–Crippen MR) is 119 cm³/mol. The van der Waals surface area contributed by atoms with Crippen LogP contribution in [-0.2, 0) is 22.7 Å². The normalized spacial score (nSPS) is 20.9. The van der Waals surface area contributed by atoms with Gasteiger partial charge in [-0.2, -0.15) is 0 Å². The molecular weight excluding hydrogens is 408 g/mol. The van der Waals surface area contributed by atoms with E-state index in [4.69, 9.17) is 0 Å². The van der Waals surface area contributed by atoms with Crippen molar-refractivity contribution in [3.8, 4) is 0 Å². The number of carbonyl (C=O) groups excluding carboxylic acids is 3. The predicted octanol–water partition coefficient (Wildman–Crippen LogP) is 0.864. The summed E-state index contributed by atoms with van der Waals surface area (Å²) in [4.78, 5) is 44.9. The molecule has 3 amide bonds. The molecule has 166 valence electrons. The molecule has 2 aromatic rings. The van der Waals surface area contributed by atoms with Crippen LogP contribution in [0.5, 0.6) is 0 Å². The van der Waals surface area contributed by atoms with Crippen LogP contribution in [0.15, 0.2) is 36.5 Å². The molecule has 0 spiro atoms. The molecule has 0 bridgehead atoms. The summed E-state index contributed by atoms with van der Waals surface area (Å²) < 4.78 is 0. The molecule has 0 radical (unpaired) electrons. The summed E-state index contributed by atoms with van der Waals surface area (Å²) in [6, 6.07) is 9.30. The van der Waals surface area contributed by atoms with Gasteiger partial charge in [0.2, 0.25) is 11.8 Å². The average Bonchev–Trinajstić information content (AvgIpc) is 3.14. The molecular formula is C23H26N6O3. The van der Waals surface area contributed by atoms with Crippen molar-refractivity contribution < 1.29 is 14.4 Å². The van der Waals surface area contributed by atoms with Crippen molar-refractivity contribution in [2.75, 3.05) is 36.4 Å². The second kappa shape index (κ2) is 8.58. The van der Waals surface area contributed by atoms with Gasteiger partial charge >= 0.3 is 0 Å². The summed E-state index contributed by atoms with van der Waals surface area (Å²) in [5.74, 6) is -0.0358. The molecule has 1 atom stereocenters. The molecule has 9 heteroatoms. The Kier molecular flexibility index (Phi) is 5.48. The molecule has 2 saturated heterocycles. The highest BCUT2D eigenvalue weighted by molar-refractivity contribution is 6.05. The first-order valence-corrected chi connectivity index (χ1v) is 11.0. The minimum atomic E-state index is -0.592. The largest absolute Gasteiger partial charge is 0.369 e. The van der Waals surface area contributed by atoms with Gasteiger partial charge in [-0.3, -0.25) is 19.7 Å². The van der Waals surface area contributed by atoms with Gasteiger partial charge in [-0.15, -0.1) is 0 Å². The standard InChI is InChI=1S/C23H26N6O3/c30-21-4-3-19(22(31)27-21)29-14-16-2-1-15(11-18(16)23(29)32)13-26-20-12-17(5-6-25-20)28-9-7-24-8-10-28/h1-2,5-6,11-12,19,24H,3-4,7-10,13-14H2,(H,25,26)(H,27,30,31). The number of rotatable bonds is 5. The van der Waals surface area contributed by atoms with Crippen LogP contribution in [0.2, 0.25) is 0 Å².